The average molecular weight is 378 g/mol. The van der Waals surface area contributed by atoms with E-state index >= 15 is 0 Å². The Hall–Kier alpha value is -1.40. The van der Waals surface area contributed by atoms with Gasteiger partial charge in [0.1, 0.15) is 10.9 Å². The summed E-state index contributed by atoms with van der Waals surface area (Å²) in [7, 11) is 0. The van der Waals surface area contributed by atoms with Crippen LogP contribution in [-0.4, -0.2) is 11.6 Å². The van der Waals surface area contributed by atoms with Gasteiger partial charge < -0.3 is 10.1 Å². The highest BCUT2D eigenvalue weighted by atomic mass is 79.9. The minimum atomic E-state index is -2.86. The molecule has 0 fully saturated rings. The zero-order chi connectivity index (χ0) is 15.4. The number of nitrogens with one attached hydrogen (secondary N) is 1. The van der Waals surface area contributed by atoms with Crippen molar-refractivity contribution in [1.29, 1.82) is 0 Å². The Kier molecular flexibility index (Phi) is 5.36. The molecule has 0 radical (unpaired) electrons. The lowest BCUT2D eigenvalue weighted by Crippen LogP contribution is -2.11. The van der Waals surface area contributed by atoms with Crippen molar-refractivity contribution in [2.75, 3.05) is 5.32 Å². The summed E-state index contributed by atoms with van der Waals surface area (Å²) >= 11 is 9.11. The quantitative estimate of drug-likeness (QED) is 0.721. The molecule has 3 nitrogen and oxygen atoms in total. The molecule has 0 aliphatic heterocycles. The van der Waals surface area contributed by atoms with Gasteiger partial charge in [-0.3, -0.25) is 0 Å². The van der Waals surface area contributed by atoms with Crippen LogP contribution in [0, 0.1) is 0 Å². The van der Waals surface area contributed by atoms with Gasteiger partial charge in [-0.15, -0.1) is 0 Å². The molecule has 21 heavy (non-hydrogen) atoms. The monoisotopic (exact) mass is 376 g/mol. The molecule has 0 saturated heterocycles. The van der Waals surface area contributed by atoms with Gasteiger partial charge in [0.15, 0.2) is 0 Å². The van der Waals surface area contributed by atoms with Crippen LogP contribution in [0.1, 0.15) is 18.5 Å². The van der Waals surface area contributed by atoms with Gasteiger partial charge in [-0.25, -0.2) is 4.98 Å². The van der Waals surface area contributed by atoms with Crippen molar-refractivity contribution in [2.24, 2.45) is 0 Å². The van der Waals surface area contributed by atoms with Gasteiger partial charge >= 0.3 is 6.61 Å². The molecule has 1 unspecified atom stereocenters. The fraction of sp³-hybridized carbons (Fsp3) is 0.214. The van der Waals surface area contributed by atoms with Crippen LogP contribution in [0.4, 0.5) is 14.5 Å². The van der Waals surface area contributed by atoms with Crippen molar-refractivity contribution >= 4 is 33.2 Å². The maximum atomic E-state index is 12.4. The number of ether oxygens (including phenoxy) is 1. The third-order valence-corrected chi connectivity index (χ3v) is 3.91. The number of benzene rings is 1. The molecule has 0 spiro atoms. The minimum absolute atomic E-state index is 0.147. The van der Waals surface area contributed by atoms with Crippen molar-refractivity contribution in [3.63, 3.8) is 0 Å². The summed E-state index contributed by atoms with van der Waals surface area (Å²) in [5.74, 6) is 0.147. The zero-order valence-electron chi connectivity index (χ0n) is 11.0. The number of aromatic nitrogens is 1. The van der Waals surface area contributed by atoms with E-state index in [1.54, 1.807) is 30.5 Å². The van der Waals surface area contributed by atoms with E-state index in [-0.39, 0.29) is 11.8 Å². The highest BCUT2D eigenvalue weighted by molar-refractivity contribution is 9.10. The first-order valence-electron chi connectivity index (χ1n) is 6.08. The summed E-state index contributed by atoms with van der Waals surface area (Å²) in [6, 6.07) is 8.18. The van der Waals surface area contributed by atoms with E-state index in [4.69, 9.17) is 11.6 Å². The maximum absolute atomic E-state index is 12.4. The minimum Gasteiger partial charge on any atom is -0.434 e. The Bertz CT molecular complexity index is 628. The Balaban J connectivity index is 2.19. The highest BCUT2D eigenvalue weighted by Crippen LogP contribution is 2.30. The first kappa shape index (κ1) is 16.0. The molecular weight excluding hydrogens is 366 g/mol. The maximum Gasteiger partial charge on any atom is 0.387 e. The average Bonchev–Trinajstić information content (AvgIpc) is 2.43. The number of rotatable bonds is 5. The number of anilines is 1. The van der Waals surface area contributed by atoms with E-state index in [0.717, 1.165) is 0 Å². The van der Waals surface area contributed by atoms with Crippen LogP contribution in [0.5, 0.6) is 5.75 Å². The summed E-state index contributed by atoms with van der Waals surface area (Å²) in [5, 5.41) is 3.52. The Morgan fingerprint density at radius 3 is 2.71 bits per heavy atom. The van der Waals surface area contributed by atoms with Gasteiger partial charge in [0.05, 0.1) is 22.4 Å². The molecule has 2 aromatic rings. The first-order valence-corrected chi connectivity index (χ1v) is 7.26. The molecular formula is C14H12BrClF2N2O. The molecule has 2 rings (SSSR count). The van der Waals surface area contributed by atoms with Crippen molar-refractivity contribution in [1.82, 2.24) is 4.98 Å². The molecule has 1 N–H and O–H groups in total. The largest absolute Gasteiger partial charge is 0.434 e. The SMILES string of the molecule is CC(Nc1cnc(Cl)c(Br)c1)c1ccccc1OC(F)F. The Labute approximate surface area is 134 Å². The lowest BCUT2D eigenvalue weighted by Gasteiger charge is -2.19. The molecule has 0 aliphatic carbocycles. The summed E-state index contributed by atoms with van der Waals surface area (Å²) in [5.41, 5.74) is 1.34. The fourth-order valence-electron chi connectivity index (χ4n) is 1.87. The fourth-order valence-corrected chi connectivity index (χ4v) is 2.32. The lowest BCUT2D eigenvalue weighted by molar-refractivity contribution is -0.0505. The number of halogens is 4. The van der Waals surface area contributed by atoms with E-state index in [1.165, 1.54) is 6.07 Å². The van der Waals surface area contributed by atoms with Crippen LogP contribution in [0.2, 0.25) is 5.15 Å². The number of para-hydroxylation sites is 1. The number of alkyl halides is 2. The van der Waals surface area contributed by atoms with Crippen LogP contribution < -0.4 is 10.1 Å². The molecule has 0 bridgehead atoms. The molecule has 7 heteroatoms. The molecule has 1 aromatic heterocycles. The Morgan fingerprint density at radius 2 is 2.05 bits per heavy atom. The standard InChI is InChI=1S/C14H12BrClF2N2O/c1-8(20-9-6-11(15)13(16)19-7-9)10-4-2-3-5-12(10)21-14(17)18/h2-8,14,20H,1H3. The number of hydrogen-bond donors (Lipinski definition) is 1. The van der Waals surface area contributed by atoms with Crippen LogP contribution >= 0.6 is 27.5 Å². The Morgan fingerprint density at radius 1 is 1.33 bits per heavy atom. The van der Waals surface area contributed by atoms with Gasteiger partial charge in [-0.2, -0.15) is 8.78 Å². The van der Waals surface area contributed by atoms with E-state index in [0.29, 0.717) is 20.9 Å². The number of hydrogen-bond acceptors (Lipinski definition) is 3. The molecule has 112 valence electrons. The van der Waals surface area contributed by atoms with Crippen LogP contribution in [-0.2, 0) is 0 Å². The van der Waals surface area contributed by atoms with Gasteiger partial charge in [0.25, 0.3) is 0 Å². The summed E-state index contributed by atoms with van der Waals surface area (Å²) in [4.78, 5) is 4.00. The summed E-state index contributed by atoms with van der Waals surface area (Å²) in [6.07, 6.45) is 1.57. The zero-order valence-corrected chi connectivity index (χ0v) is 13.3. The van der Waals surface area contributed by atoms with Gasteiger partial charge in [0, 0.05) is 5.56 Å². The second-order valence-corrected chi connectivity index (χ2v) is 5.49. The normalized spacial score (nSPS) is 12.3. The second kappa shape index (κ2) is 7.04. The van der Waals surface area contributed by atoms with E-state index in [9.17, 15) is 8.78 Å². The molecule has 0 saturated carbocycles. The van der Waals surface area contributed by atoms with E-state index < -0.39 is 6.61 Å². The van der Waals surface area contributed by atoms with Crippen molar-refractivity contribution in [3.05, 3.63) is 51.7 Å². The van der Waals surface area contributed by atoms with Crippen molar-refractivity contribution in [2.45, 2.75) is 19.6 Å². The molecule has 1 heterocycles. The van der Waals surface area contributed by atoms with Crippen LogP contribution in [0.3, 0.4) is 0 Å². The first-order chi connectivity index (χ1) is 9.97. The number of pyridine rings is 1. The topological polar surface area (TPSA) is 34.2 Å². The summed E-state index contributed by atoms with van der Waals surface area (Å²) in [6.45, 7) is -1.01. The third kappa shape index (κ3) is 4.28. The number of nitrogens with zero attached hydrogens (tertiary/aromatic N) is 1. The van der Waals surface area contributed by atoms with E-state index in [2.05, 4.69) is 31.0 Å². The second-order valence-electron chi connectivity index (χ2n) is 4.28. The molecule has 1 aromatic carbocycles. The predicted octanol–water partition coefficient (Wildman–Crippen LogP) is 5.27. The van der Waals surface area contributed by atoms with Gasteiger partial charge in [-0.1, -0.05) is 29.8 Å². The highest BCUT2D eigenvalue weighted by Gasteiger charge is 2.14. The summed E-state index contributed by atoms with van der Waals surface area (Å²) < 4.78 is 30.0. The van der Waals surface area contributed by atoms with Crippen LogP contribution in [0.25, 0.3) is 0 Å². The van der Waals surface area contributed by atoms with Gasteiger partial charge in [-0.05, 0) is 35.0 Å². The molecule has 0 aliphatic rings. The van der Waals surface area contributed by atoms with Crippen LogP contribution in [0.15, 0.2) is 41.0 Å². The lowest BCUT2D eigenvalue weighted by atomic mass is 10.1. The van der Waals surface area contributed by atoms with Crippen molar-refractivity contribution < 1.29 is 13.5 Å². The third-order valence-electron chi connectivity index (χ3n) is 2.78. The molecule has 0 amide bonds. The van der Waals surface area contributed by atoms with Crippen molar-refractivity contribution in [3.8, 4) is 5.75 Å². The van der Waals surface area contributed by atoms with E-state index in [1.807, 2.05) is 6.92 Å². The smallest absolute Gasteiger partial charge is 0.387 e. The molecule has 1 atom stereocenters. The van der Waals surface area contributed by atoms with Gasteiger partial charge in [0.2, 0.25) is 0 Å². The predicted molar refractivity (Wildman–Crippen MR) is 82.1 cm³/mol.